The Morgan fingerprint density at radius 1 is 1.61 bits per heavy atom. The van der Waals surface area contributed by atoms with Gasteiger partial charge in [-0.15, -0.1) is 0 Å². The molecule has 98 valence electrons. The minimum atomic E-state index is -0.0771. The van der Waals surface area contributed by atoms with Gasteiger partial charge in [-0.1, -0.05) is 43.5 Å². The number of nitrogens with zero attached hydrogens (tertiary/aromatic N) is 3. The van der Waals surface area contributed by atoms with Gasteiger partial charge in [-0.05, 0) is 6.42 Å². The fourth-order valence-corrected chi connectivity index (χ4v) is 2.47. The molecule has 1 aromatic rings. The molecule has 0 unspecified atom stereocenters. The molecule has 1 aliphatic heterocycles. The fourth-order valence-electron chi connectivity index (χ4n) is 2.21. The van der Waals surface area contributed by atoms with Gasteiger partial charge in [0.25, 0.3) is 5.91 Å². The van der Waals surface area contributed by atoms with Crippen LogP contribution < -0.4 is 0 Å². The van der Waals surface area contributed by atoms with Crippen LogP contribution in [-0.4, -0.2) is 33.2 Å². The highest BCUT2D eigenvalue weighted by Gasteiger charge is 2.28. The van der Waals surface area contributed by atoms with Crippen LogP contribution in [-0.2, 0) is 7.05 Å². The van der Waals surface area contributed by atoms with Crippen LogP contribution in [0.2, 0.25) is 5.02 Å². The van der Waals surface area contributed by atoms with Crippen LogP contribution in [0.15, 0.2) is 18.3 Å². The molecule has 2 heterocycles. The van der Waals surface area contributed by atoms with Gasteiger partial charge >= 0.3 is 0 Å². The summed E-state index contributed by atoms with van der Waals surface area (Å²) < 4.78 is 1.57. The lowest BCUT2D eigenvalue weighted by molar-refractivity contribution is 0.0737. The molecule has 1 atom stereocenters. The van der Waals surface area contributed by atoms with Gasteiger partial charge in [-0.25, -0.2) is 0 Å². The Hall–Kier alpha value is -1.29. The number of halogens is 1. The first-order valence-electron chi connectivity index (χ1n) is 6.30. The number of hydrogen-bond acceptors (Lipinski definition) is 2. The Morgan fingerprint density at radius 2 is 2.39 bits per heavy atom. The summed E-state index contributed by atoms with van der Waals surface area (Å²) in [5.41, 5.74) is 0.351. The van der Waals surface area contributed by atoms with Crippen molar-refractivity contribution in [1.29, 1.82) is 0 Å². The van der Waals surface area contributed by atoms with Crippen molar-refractivity contribution < 1.29 is 4.79 Å². The largest absolute Gasteiger partial charge is 0.327 e. The minimum Gasteiger partial charge on any atom is -0.327 e. The molecule has 1 aromatic heterocycles. The summed E-state index contributed by atoms with van der Waals surface area (Å²) in [6.07, 6.45) is 9.05. The van der Waals surface area contributed by atoms with E-state index in [1.54, 1.807) is 17.9 Å². The highest BCUT2D eigenvalue weighted by Crippen LogP contribution is 2.21. The molecule has 0 saturated heterocycles. The summed E-state index contributed by atoms with van der Waals surface area (Å²) >= 11 is 6.02. The van der Waals surface area contributed by atoms with Gasteiger partial charge in [0.05, 0.1) is 11.1 Å². The number of rotatable bonds is 4. The van der Waals surface area contributed by atoms with Crippen LogP contribution in [0.25, 0.3) is 0 Å². The zero-order valence-electron chi connectivity index (χ0n) is 10.8. The number of carbonyl (C=O) groups is 1. The molecule has 0 aromatic carbocycles. The lowest BCUT2D eigenvalue weighted by Crippen LogP contribution is -2.36. The van der Waals surface area contributed by atoms with Crippen LogP contribution in [0.4, 0.5) is 0 Å². The molecule has 18 heavy (non-hydrogen) atoms. The summed E-state index contributed by atoms with van der Waals surface area (Å²) in [6.45, 7) is 2.81. The first-order valence-corrected chi connectivity index (χ1v) is 6.68. The highest BCUT2D eigenvalue weighted by atomic mass is 35.5. The quantitative estimate of drug-likeness (QED) is 0.787. The Balaban J connectivity index is 2.11. The van der Waals surface area contributed by atoms with Crippen LogP contribution in [0.5, 0.6) is 0 Å². The molecule has 0 spiro atoms. The average molecular weight is 268 g/mol. The van der Waals surface area contributed by atoms with E-state index >= 15 is 0 Å². The molecule has 0 N–H and O–H groups in total. The van der Waals surface area contributed by atoms with E-state index in [1.165, 1.54) is 0 Å². The van der Waals surface area contributed by atoms with Crippen molar-refractivity contribution in [2.24, 2.45) is 7.05 Å². The zero-order chi connectivity index (χ0) is 13.1. The van der Waals surface area contributed by atoms with Gasteiger partial charge in [-0.3, -0.25) is 9.48 Å². The molecule has 0 bridgehead atoms. The normalized spacial score (nSPS) is 18.6. The summed E-state index contributed by atoms with van der Waals surface area (Å²) in [5, 5.41) is 4.56. The Labute approximate surface area is 112 Å². The zero-order valence-corrected chi connectivity index (χ0v) is 11.5. The number of aromatic nitrogens is 2. The Morgan fingerprint density at radius 3 is 3.00 bits per heavy atom. The second-order valence-corrected chi connectivity index (χ2v) is 5.00. The maximum Gasteiger partial charge on any atom is 0.276 e. The maximum atomic E-state index is 12.4. The maximum absolute atomic E-state index is 12.4. The third kappa shape index (κ3) is 2.58. The predicted molar refractivity (Wildman–Crippen MR) is 71.7 cm³/mol. The topological polar surface area (TPSA) is 38.1 Å². The number of unbranched alkanes of at least 4 members (excludes halogenated alkanes) is 1. The molecule has 0 fully saturated rings. The molecule has 5 heteroatoms. The SMILES string of the molecule is CCCC[C@H]1C=CCN1C(=O)c1nn(C)cc1Cl. The van der Waals surface area contributed by atoms with Gasteiger partial charge in [0.2, 0.25) is 0 Å². The van der Waals surface area contributed by atoms with E-state index in [1.807, 2.05) is 11.0 Å². The van der Waals surface area contributed by atoms with E-state index in [9.17, 15) is 4.79 Å². The standard InChI is InChI=1S/C13H18ClN3O/c1-3-4-6-10-7-5-8-17(10)13(18)12-11(14)9-16(2)15-12/h5,7,9-10H,3-4,6,8H2,1-2H3/t10-/m0/s1. The first-order chi connectivity index (χ1) is 8.63. The number of aryl methyl sites for hydroxylation is 1. The summed E-state index contributed by atoms with van der Waals surface area (Å²) in [4.78, 5) is 14.2. The second kappa shape index (κ2) is 5.57. The lowest BCUT2D eigenvalue weighted by Gasteiger charge is -2.23. The van der Waals surface area contributed by atoms with Crippen molar-refractivity contribution in [2.45, 2.75) is 32.2 Å². The molecule has 4 nitrogen and oxygen atoms in total. The van der Waals surface area contributed by atoms with Crippen molar-refractivity contribution >= 4 is 17.5 Å². The van der Waals surface area contributed by atoms with Gasteiger partial charge in [0.15, 0.2) is 5.69 Å². The van der Waals surface area contributed by atoms with E-state index in [0.717, 1.165) is 19.3 Å². The van der Waals surface area contributed by atoms with Gasteiger partial charge in [0, 0.05) is 19.8 Å². The van der Waals surface area contributed by atoms with Crippen molar-refractivity contribution in [1.82, 2.24) is 14.7 Å². The third-order valence-electron chi connectivity index (χ3n) is 3.16. The summed E-state index contributed by atoms with van der Waals surface area (Å²) in [6, 6.07) is 0.190. The van der Waals surface area contributed by atoms with Gasteiger partial charge in [-0.2, -0.15) is 5.10 Å². The van der Waals surface area contributed by atoms with Gasteiger partial charge < -0.3 is 4.90 Å². The van der Waals surface area contributed by atoms with E-state index in [2.05, 4.69) is 18.1 Å². The number of carbonyl (C=O) groups excluding carboxylic acids is 1. The van der Waals surface area contributed by atoms with Crippen molar-refractivity contribution in [3.05, 3.63) is 29.1 Å². The van der Waals surface area contributed by atoms with Crippen molar-refractivity contribution in [3.63, 3.8) is 0 Å². The first kappa shape index (κ1) is 13.1. The predicted octanol–water partition coefficient (Wildman–Crippen LogP) is 2.64. The highest BCUT2D eigenvalue weighted by molar-refractivity contribution is 6.33. The minimum absolute atomic E-state index is 0.0771. The molecule has 1 amide bonds. The molecular weight excluding hydrogens is 250 g/mol. The number of amides is 1. The van der Waals surface area contributed by atoms with Gasteiger partial charge in [0.1, 0.15) is 0 Å². The van der Waals surface area contributed by atoms with E-state index in [4.69, 9.17) is 11.6 Å². The molecule has 0 saturated carbocycles. The Bertz CT molecular complexity index is 467. The number of hydrogen-bond donors (Lipinski definition) is 0. The second-order valence-electron chi connectivity index (χ2n) is 4.59. The third-order valence-corrected chi connectivity index (χ3v) is 3.44. The molecule has 0 radical (unpaired) electrons. The van der Waals surface area contributed by atoms with Crippen LogP contribution in [0.3, 0.4) is 0 Å². The van der Waals surface area contributed by atoms with Crippen molar-refractivity contribution in [2.75, 3.05) is 6.54 Å². The molecule has 1 aliphatic rings. The molecule has 2 rings (SSSR count). The van der Waals surface area contributed by atoms with E-state index < -0.39 is 0 Å². The molecule has 0 aliphatic carbocycles. The monoisotopic (exact) mass is 267 g/mol. The van der Waals surface area contributed by atoms with Crippen molar-refractivity contribution in [3.8, 4) is 0 Å². The fraction of sp³-hybridized carbons (Fsp3) is 0.538. The summed E-state index contributed by atoms with van der Waals surface area (Å²) in [7, 11) is 1.76. The molecular formula is C13H18ClN3O. The smallest absolute Gasteiger partial charge is 0.276 e. The van der Waals surface area contributed by atoms with E-state index in [-0.39, 0.29) is 11.9 Å². The Kier molecular flexibility index (Phi) is 4.07. The average Bonchev–Trinajstić information content (AvgIpc) is 2.92. The van der Waals surface area contributed by atoms with Crippen LogP contribution >= 0.6 is 11.6 Å². The van der Waals surface area contributed by atoms with E-state index in [0.29, 0.717) is 17.3 Å². The lowest BCUT2D eigenvalue weighted by atomic mass is 10.1. The van der Waals surface area contributed by atoms with Crippen LogP contribution in [0.1, 0.15) is 36.7 Å². The van der Waals surface area contributed by atoms with Crippen LogP contribution in [0, 0.1) is 0 Å². The summed E-state index contributed by atoms with van der Waals surface area (Å²) in [5.74, 6) is -0.0771.